The third-order valence-corrected chi connectivity index (χ3v) is 4.98. The van der Waals surface area contributed by atoms with E-state index in [1.54, 1.807) is 48.5 Å². The van der Waals surface area contributed by atoms with Gasteiger partial charge in [-0.1, -0.05) is 41.9 Å². The summed E-state index contributed by atoms with van der Waals surface area (Å²) >= 11 is 5.90. The zero-order valence-electron chi connectivity index (χ0n) is 18.0. The number of anilines is 1. The van der Waals surface area contributed by atoms with E-state index >= 15 is 0 Å². The van der Waals surface area contributed by atoms with Gasteiger partial charge in [0, 0.05) is 11.4 Å². The summed E-state index contributed by atoms with van der Waals surface area (Å²) in [5.41, 5.74) is 0.848. The summed E-state index contributed by atoms with van der Waals surface area (Å²) in [6.45, 7) is 0.240. The Kier molecular flexibility index (Phi) is 8.48. The SMILES string of the molecule is O=C(O)CCCOc1ccccc1C(=O)Nc1c(OCc2ccc(Cl)cc2)cccc1C(=O)O. The molecular weight excluding hydrogens is 462 g/mol. The molecule has 0 aliphatic heterocycles. The van der Waals surface area contributed by atoms with Crippen molar-refractivity contribution in [2.24, 2.45) is 0 Å². The van der Waals surface area contributed by atoms with Crippen LogP contribution in [-0.4, -0.2) is 34.7 Å². The topological polar surface area (TPSA) is 122 Å². The number of hydrogen-bond donors (Lipinski definition) is 3. The number of carbonyl (C=O) groups is 3. The second-order valence-corrected chi connectivity index (χ2v) is 7.63. The molecule has 0 spiro atoms. The van der Waals surface area contributed by atoms with E-state index < -0.39 is 17.8 Å². The second-order valence-electron chi connectivity index (χ2n) is 7.20. The van der Waals surface area contributed by atoms with Crippen molar-refractivity contribution in [1.82, 2.24) is 0 Å². The molecule has 0 unspecified atom stereocenters. The lowest BCUT2D eigenvalue weighted by atomic mass is 10.1. The van der Waals surface area contributed by atoms with Crippen molar-refractivity contribution in [3.63, 3.8) is 0 Å². The van der Waals surface area contributed by atoms with Gasteiger partial charge >= 0.3 is 11.9 Å². The third kappa shape index (κ3) is 6.73. The summed E-state index contributed by atoms with van der Waals surface area (Å²) in [5.74, 6) is -2.33. The molecule has 1 amide bonds. The quantitative estimate of drug-likeness (QED) is 0.324. The first-order valence-corrected chi connectivity index (χ1v) is 10.7. The van der Waals surface area contributed by atoms with Gasteiger partial charge in [-0.15, -0.1) is 0 Å². The van der Waals surface area contributed by atoms with E-state index in [1.807, 2.05) is 0 Å². The molecule has 34 heavy (non-hydrogen) atoms. The number of carbonyl (C=O) groups excluding carboxylic acids is 1. The Morgan fingerprint density at radius 1 is 0.824 bits per heavy atom. The predicted molar refractivity (Wildman–Crippen MR) is 126 cm³/mol. The Labute approximate surface area is 200 Å². The normalized spacial score (nSPS) is 10.4. The van der Waals surface area contributed by atoms with Crippen LogP contribution < -0.4 is 14.8 Å². The number of hydrogen-bond acceptors (Lipinski definition) is 5. The zero-order chi connectivity index (χ0) is 24.5. The number of rotatable bonds is 11. The first-order valence-electron chi connectivity index (χ1n) is 10.3. The van der Waals surface area contributed by atoms with Crippen molar-refractivity contribution < 1.29 is 34.1 Å². The predicted octanol–water partition coefficient (Wildman–Crippen LogP) is 5.11. The maximum Gasteiger partial charge on any atom is 0.337 e. The number of ether oxygens (including phenoxy) is 2. The second kappa shape index (κ2) is 11.7. The van der Waals surface area contributed by atoms with E-state index in [4.69, 9.17) is 26.2 Å². The number of amides is 1. The largest absolute Gasteiger partial charge is 0.493 e. The lowest BCUT2D eigenvalue weighted by Gasteiger charge is -2.16. The number of halogens is 1. The van der Waals surface area contributed by atoms with Crippen LogP contribution >= 0.6 is 11.6 Å². The monoisotopic (exact) mass is 483 g/mol. The van der Waals surface area contributed by atoms with Gasteiger partial charge in [-0.25, -0.2) is 4.79 Å². The number of carboxylic acid groups (broad SMARTS) is 2. The Morgan fingerprint density at radius 2 is 1.50 bits per heavy atom. The highest BCUT2D eigenvalue weighted by Gasteiger charge is 2.20. The molecule has 9 heteroatoms. The lowest BCUT2D eigenvalue weighted by molar-refractivity contribution is -0.137. The average Bonchev–Trinajstić information content (AvgIpc) is 2.82. The molecular formula is C25H22ClNO7. The standard InChI is InChI=1S/C25H22ClNO7/c26-17-12-10-16(11-13-17)15-34-21-8-3-6-19(25(31)32)23(21)27-24(30)18-5-1-2-7-20(18)33-14-4-9-22(28)29/h1-3,5-8,10-13H,4,9,14-15H2,(H,27,30)(H,28,29)(H,31,32). The molecule has 3 aromatic rings. The Bertz CT molecular complexity index is 1180. The summed E-state index contributed by atoms with van der Waals surface area (Å²) < 4.78 is 11.4. The van der Waals surface area contributed by atoms with Crippen molar-refractivity contribution in [1.29, 1.82) is 0 Å². The molecule has 0 aromatic heterocycles. The Morgan fingerprint density at radius 3 is 2.21 bits per heavy atom. The van der Waals surface area contributed by atoms with E-state index in [2.05, 4.69) is 5.32 Å². The van der Waals surface area contributed by atoms with E-state index in [9.17, 15) is 19.5 Å². The van der Waals surface area contributed by atoms with Gasteiger partial charge in [0.15, 0.2) is 0 Å². The van der Waals surface area contributed by atoms with Gasteiger partial charge in [0.2, 0.25) is 0 Å². The molecule has 0 saturated carbocycles. The third-order valence-electron chi connectivity index (χ3n) is 4.73. The molecule has 176 valence electrons. The van der Waals surface area contributed by atoms with Crippen molar-refractivity contribution in [2.75, 3.05) is 11.9 Å². The fourth-order valence-corrected chi connectivity index (χ4v) is 3.19. The smallest absolute Gasteiger partial charge is 0.337 e. The number of carboxylic acids is 2. The van der Waals surface area contributed by atoms with Crippen molar-refractivity contribution in [3.05, 3.63) is 88.4 Å². The molecule has 3 aromatic carbocycles. The summed E-state index contributed by atoms with van der Waals surface area (Å²) in [7, 11) is 0. The van der Waals surface area contributed by atoms with Crippen LogP contribution in [-0.2, 0) is 11.4 Å². The van der Waals surface area contributed by atoms with Crippen LogP contribution in [0.4, 0.5) is 5.69 Å². The van der Waals surface area contributed by atoms with Gasteiger partial charge in [-0.3, -0.25) is 9.59 Å². The van der Waals surface area contributed by atoms with Gasteiger partial charge < -0.3 is 25.0 Å². The minimum Gasteiger partial charge on any atom is -0.493 e. The number of para-hydroxylation sites is 2. The van der Waals surface area contributed by atoms with Crippen LogP contribution in [0.25, 0.3) is 0 Å². The summed E-state index contributed by atoms with van der Waals surface area (Å²) in [6.07, 6.45) is 0.213. The molecule has 0 aliphatic carbocycles. The molecule has 0 saturated heterocycles. The fraction of sp³-hybridized carbons (Fsp3) is 0.160. The fourth-order valence-electron chi connectivity index (χ4n) is 3.07. The number of aromatic carboxylic acids is 1. The van der Waals surface area contributed by atoms with Gasteiger partial charge in [-0.2, -0.15) is 0 Å². The molecule has 0 heterocycles. The minimum atomic E-state index is -1.23. The van der Waals surface area contributed by atoms with E-state index in [-0.39, 0.29) is 54.4 Å². The highest BCUT2D eigenvalue weighted by molar-refractivity contribution is 6.30. The van der Waals surface area contributed by atoms with Gasteiger partial charge in [0.25, 0.3) is 5.91 Å². The Hall–Kier alpha value is -4.04. The van der Waals surface area contributed by atoms with Crippen molar-refractivity contribution >= 4 is 35.1 Å². The van der Waals surface area contributed by atoms with E-state index in [0.29, 0.717) is 5.02 Å². The molecule has 0 fully saturated rings. The summed E-state index contributed by atoms with van der Waals surface area (Å²) in [6, 6.07) is 17.8. The van der Waals surface area contributed by atoms with Gasteiger partial charge in [0.05, 0.1) is 23.4 Å². The highest BCUT2D eigenvalue weighted by Crippen LogP contribution is 2.31. The van der Waals surface area contributed by atoms with Crippen molar-refractivity contribution in [2.45, 2.75) is 19.4 Å². The molecule has 3 rings (SSSR count). The average molecular weight is 484 g/mol. The molecule has 0 atom stereocenters. The van der Waals surface area contributed by atoms with Crippen LogP contribution in [0.1, 0.15) is 39.1 Å². The first-order chi connectivity index (χ1) is 16.3. The Balaban J connectivity index is 1.81. The van der Waals surface area contributed by atoms with Gasteiger partial charge in [-0.05, 0) is 48.4 Å². The molecule has 0 bridgehead atoms. The maximum absolute atomic E-state index is 13.1. The maximum atomic E-state index is 13.1. The number of nitrogens with one attached hydrogen (secondary N) is 1. The first kappa shape index (κ1) is 24.6. The van der Waals surface area contributed by atoms with Crippen LogP contribution in [0, 0.1) is 0 Å². The van der Waals surface area contributed by atoms with Crippen LogP contribution in [0.5, 0.6) is 11.5 Å². The lowest BCUT2D eigenvalue weighted by Crippen LogP contribution is -2.17. The number of aliphatic carboxylic acids is 1. The highest BCUT2D eigenvalue weighted by atomic mass is 35.5. The summed E-state index contributed by atoms with van der Waals surface area (Å²) in [4.78, 5) is 35.6. The number of benzene rings is 3. The van der Waals surface area contributed by atoms with E-state index in [1.165, 1.54) is 18.2 Å². The van der Waals surface area contributed by atoms with Crippen molar-refractivity contribution in [3.8, 4) is 11.5 Å². The molecule has 3 N–H and O–H groups in total. The van der Waals surface area contributed by atoms with Crippen LogP contribution in [0.2, 0.25) is 5.02 Å². The molecule has 0 aliphatic rings. The van der Waals surface area contributed by atoms with Gasteiger partial charge in [0.1, 0.15) is 18.1 Å². The van der Waals surface area contributed by atoms with Crippen LogP contribution in [0.15, 0.2) is 66.7 Å². The zero-order valence-corrected chi connectivity index (χ0v) is 18.7. The molecule has 8 nitrogen and oxygen atoms in total. The van der Waals surface area contributed by atoms with E-state index in [0.717, 1.165) is 5.56 Å². The minimum absolute atomic E-state index is 0.00893. The van der Waals surface area contributed by atoms with Crippen LogP contribution in [0.3, 0.4) is 0 Å². The molecule has 0 radical (unpaired) electrons. The summed E-state index contributed by atoms with van der Waals surface area (Å²) in [5, 5.41) is 21.6.